The van der Waals surface area contributed by atoms with Crippen molar-refractivity contribution in [2.45, 2.75) is 115 Å². The molecule has 6 atom stereocenters. The van der Waals surface area contributed by atoms with E-state index in [1.165, 1.54) is 5.56 Å². The van der Waals surface area contributed by atoms with Crippen LogP contribution in [0.2, 0.25) is 18.1 Å². The Labute approximate surface area is 346 Å². The minimum atomic E-state index is -2.91. The van der Waals surface area contributed by atoms with Gasteiger partial charge >= 0.3 is 0 Å². The van der Waals surface area contributed by atoms with Crippen molar-refractivity contribution in [1.29, 1.82) is 0 Å². The first kappa shape index (κ1) is 42.4. The molecule has 58 heavy (non-hydrogen) atoms. The van der Waals surface area contributed by atoms with E-state index >= 15 is 9.59 Å². The number of hydrogen-bond donors (Lipinski definition) is 1. The van der Waals surface area contributed by atoms with Crippen LogP contribution in [0.3, 0.4) is 0 Å². The van der Waals surface area contributed by atoms with Gasteiger partial charge in [0.1, 0.15) is 17.1 Å². The monoisotopic (exact) mass is 814 g/mol. The molecular formula is C46H66N4O7Si. The molecule has 1 aromatic carbocycles. The Balaban J connectivity index is 1.49. The molecule has 5 aliphatic rings. The van der Waals surface area contributed by atoms with Gasteiger partial charge in [-0.15, -0.1) is 13.2 Å². The summed E-state index contributed by atoms with van der Waals surface area (Å²) < 4.78 is 26.3. The van der Waals surface area contributed by atoms with E-state index in [2.05, 4.69) is 101 Å². The molecule has 7 rings (SSSR count). The fourth-order valence-corrected chi connectivity index (χ4v) is 11.8. The summed E-state index contributed by atoms with van der Waals surface area (Å²) in [4.78, 5) is 38.8. The number of Topliss-reactive ketones (excluding diaryl/α,β-unsaturated/α-hetero) is 2. The maximum Gasteiger partial charge on any atom is 0.265 e. The van der Waals surface area contributed by atoms with Gasteiger partial charge in [-0.2, -0.15) is 0 Å². The number of aromatic nitrogens is 1. The molecule has 2 fully saturated rings. The van der Waals surface area contributed by atoms with E-state index in [1.54, 1.807) is 0 Å². The second kappa shape index (κ2) is 16.0. The maximum atomic E-state index is 16.1. The molecule has 2 aromatic rings. The molecule has 12 heteroatoms. The third kappa shape index (κ3) is 6.70. The first-order chi connectivity index (χ1) is 27.6. The van der Waals surface area contributed by atoms with Gasteiger partial charge in [-0.05, 0) is 98.0 Å². The lowest BCUT2D eigenvalue weighted by atomic mass is 9.56. The topological polar surface area (TPSA) is 118 Å². The normalized spacial score (nSPS) is 26.8. The number of benzene rings is 1. The summed E-state index contributed by atoms with van der Waals surface area (Å²) in [5.41, 5.74) is 2.30. The Morgan fingerprint density at radius 2 is 1.72 bits per heavy atom. The predicted molar refractivity (Wildman–Crippen MR) is 230 cm³/mol. The lowest BCUT2D eigenvalue weighted by Crippen LogP contribution is -2.68. The van der Waals surface area contributed by atoms with Crippen LogP contribution in [0.4, 0.5) is 5.69 Å². The van der Waals surface area contributed by atoms with Gasteiger partial charge in [0.05, 0.1) is 24.8 Å². The molecule has 0 bridgehead atoms. The third-order valence-corrected chi connectivity index (χ3v) is 18.6. The van der Waals surface area contributed by atoms with Crippen LogP contribution in [0.25, 0.3) is 5.76 Å². The minimum absolute atomic E-state index is 0.0748. The van der Waals surface area contributed by atoms with Gasteiger partial charge < -0.3 is 28.4 Å². The van der Waals surface area contributed by atoms with Crippen LogP contribution in [0.5, 0.6) is 11.6 Å². The van der Waals surface area contributed by atoms with E-state index in [9.17, 15) is 5.11 Å². The number of hydrogen-bond acceptors (Lipinski definition) is 11. The van der Waals surface area contributed by atoms with Gasteiger partial charge in [0.15, 0.2) is 19.7 Å². The summed E-state index contributed by atoms with van der Waals surface area (Å²) in [5.74, 6) is -0.656. The first-order valence-corrected chi connectivity index (χ1v) is 24.5. The van der Waals surface area contributed by atoms with Crippen LogP contribution in [-0.4, -0.2) is 99.0 Å². The lowest BCUT2D eigenvalue weighted by Gasteiger charge is -2.55. The zero-order valence-electron chi connectivity index (χ0n) is 36.4. The Kier molecular flexibility index (Phi) is 11.7. The van der Waals surface area contributed by atoms with Gasteiger partial charge in [0.2, 0.25) is 11.6 Å². The number of anilines is 1. The van der Waals surface area contributed by atoms with Crippen molar-refractivity contribution in [2.75, 3.05) is 58.4 Å². The molecule has 1 saturated carbocycles. The number of rotatable bonds is 15. The SMILES string of the molecule is C=CCN(CC=C)[C@@H]1c2onc(OCCCC)c2C(=O)[C@@]2(O[Si](C)(C)C(C)(C)C)C(=O)C3=C(O)c4c(OCCCC)cc5c(c4C[C@H]3C[C@@H]12)N(C)CC1CCN(C)C51. The van der Waals surface area contributed by atoms with Gasteiger partial charge in [0.25, 0.3) is 5.88 Å². The second-order valence-corrected chi connectivity index (χ2v) is 23.6. The summed E-state index contributed by atoms with van der Waals surface area (Å²) in [6, 6.07) is 1.76. The zero-order chi connectivity index (χ0) is 41.9. The van der Waals surface area contributed by atoms with E-state index in [4.69, 9.17) is 18.4 Å². The highest BCUT2D eigenvalue weighted by atomic mass is 28.4. The minimum Gasteiger partial charge on any atom is -0.507 e. The van der Waals surface area contributed by atoms with Crippen molar-refractivity contribution in [3.05, 3.63) is 65.0 Å². The maximum absolute atomic E-state index is 16.1. The highest BCUT2D eigenvalue weighted by Crippen LogP contribution is 2.61. The number of carbonyl (C=O) groups is 2. The summed E-state index contributed by atoms with van der Waals surface area (Å²) in [7, 11) is 1.44. The highest BCUT2D eigenvalue weighted by molar-refractivity contribution is 6.74. The number of ether oxygens (including phenoxy) is 2. The number of likely N-dealkylation sites (tertiary alicyclic amines) is 1. The smallest absolute Gasteiger partial charge is 0.265 e. The van der Waals surface area contributed by atoms with Crippen molar-refractivity contribution in [1.82, 2.24) is 15.0 Å². The van der Waals surface area contributed by atoms with Crippen molar-refractivity contribution < 1.29 is 33.1 Å². The van der Waals surface area contributed by atoms with E-state index in [0.29, 0.717) is 62.1 Å². The largest absolute Gasteiger partial charge is 0.507 e. The fourth-order valence-electron chi connectivity index (χ4n) is 10.3. The number of fused-ring (bicyclic) bond motifs is 8. The number of aliphatic hydroxyl groups is 1. The summed E-state index contributed by atoms with van der Waals surface area (Å²) in [6.07, 6.45) is 9.10. The average molecular weight is 815 g/mol. The molecule has 3 aliphatic carbocycles. The van der Waals surface area contributed by atoms with E-state index in [-0.39, 0.29) is 33.9 Å². The first-order valence-electron chi connectivity index (χ1n) is 21.6. The number of carbonyl (C=O) groups excluding carboxylic acids is 2. The van der Waals surface area contributed by atoms with Crippen LogP contribution >= 0.6 is 0 Å². The van der Waals surface area contributed by atoms with Gasteiger partial charge in [-0.1, -0.05) is 59.6 Å². The van der Waals surface area contributed by atoms with E-state index in [1.807, 2.05) is 12.2 Å². The van der Waals surface area contributed by atoms with Crippen molar-refractivity contribution >= 4 is 31.3 Å². The molecule has 1 N–H and O–H groups in total. The molecule has 2 unspecified atom stereocenters. The molecule has 1 aromatic heterocycles. The van der Waals surface area contributed by atoms with Gasteiger partial charge in [0, 0.05) is 49.9 Å². The molecule has 1 saturated heterocycles. The zero-order valence-corrected chi connectivity index (χ0v) is 37.4. The number of nitrogens with zero attached hydrogens (tertiary/aromatic N) is 4. The molecule has 316 valence electrons. The third-order valence-electron chi connectivity index (χ3n) is 14.1. The Bertz CT molecular complexity index is 1970. The lowest BCUT2D eigenvalue weighted by molar-refractivity contribution is -0.141. The van der Waals surface area contributed by atoms with Crippen LogP contribution in [0.15, 0.2) is 41.5 Å². The summed E-state index contributed by atoms with van der Waals surface area (Å²) in [6.45, 7) is 26.5. The Hall–Kier alpha value is -3.71. The van der Waals surface area contributed by atoms with Gasteiger partial charge in [-0.3, -0.25) is 19.4 Å². The van der Waals surface area contributed by atoms with Crippen molar-refractivity contribution in [3.8, 4) is 11.6 Å². The Morgan fingerprint density at radius 1 is 1.05 bits per heavy atom. The number of unbranched alkanes of at least 4 members (excludes halogenated alkanes) is 2. The van der Waals surface area contributed by atoms with Crippen LogP contribution in [0.1, 0.15) is 118 Å². The molecule has 0 spiro atoms. The molecule has 0 radical (unpaired) electrons. The molecular weight excluding hydrogens is 749 g/mol. The quantitative estimate of drug-likeness (QED) is 0.0804. The average Bonchev–Trinajstić information content (AvgIpc) is 3.75. The van der Waals surface area contributed by atoms with Crippen LogP contribution in [0, 0.1) is 17.8 Å². The number of aliphatic hydroxyl groups excluding tert-OH is 1. The second-order valence-electron chi connectivity index (χ2n) is 18.9. The van der Waals surface area contributed by atoms with Crippen molar-refractivity contribution in [3.63, 3.8) is 0 Å². The number of ketones is 2. The molecule has 3 heterocycles. The standard InChI is InChI=1S/C46H66N4O7Si/c1-12-16-22-54-33-26-31-37-28(18-21-48(37)8)27-49(9)38(31)30-24-29-25-32-39(50(19-14-3)20-15-4)41-36(44(47-56-41)55-23-17-13-2)43(53)46(32,57-58(10,11)45(5,6)7)42(52)34(29)40(51)35(30)33/h14-15,26,28-29,32,37,39,51H,3-4,12-13,16-25,27H2,1-2,5-11H3/t28?,29-,32-,37?,39-,46-/m0/s1. The van der Waals surface area contributed by atoms with E-state index < -0.39 is 43.4 Å². The predicted octanol–water partition coefficient (Wildman–Crippen LogP) is 8.88. The van der Waals surface area contributed by atoms with E-state index in [0.717, 1.165) is 56.4 Å². The van der Waals surface area contributed by atoms with Crippen molar-refractivity contribution in [2.24, 2.45) is 17.8 Å². The Morgan fingerprint density at radius 3 is 2.36 bits per heavy atom. The summed E-state index contributed by atoms with van der Waals surface area (Å²) in [5, 5.41) is 16.8. The van der Waals surface area contributed by atoms with Gasteiger partial charge in [-0.25, -0.2) is 0 Å². The highest BCUT2D eigenvalue weighted by Gasteiger charge is 2.69. The fraction of sp³-hybridized carbons (Fsp3) is 0.630. The van der Waals surface area contributed by atoms with Crippen LogP contribution < -0.4 is 14.4 Å². The van der Waals surface area contributed by atoms with Crippen LogP contribution in [-0.2, 0) is 15.6 Å². The molecule has 2 aliphatic heterocycles. The summed E-state index contributed by atoms with van der Waals surface area (Å²) >= 11 is 0. The molecule has 11 nitrogen and oxygen atoms in total. The molecule has 0 amide bonds.